The highest BCUT2D eigenvalue weighted by atomic mass is 16.5. The Morgan fingerprint density at radius 2 is 2.04 bits per heavy atom. The monoisotopic (exact) mass is 373 g/mol. The number of aromatic amines is 1. The van der Waals surface area contributed by atoms with Gasteiger partial charge in [-0.1, -0.05) is 18.0 Å². The molecular weight excluding hydrogens is 346 g/mol. The summed E-state index contributed by atoms with van der Waals surface area (Å²) in [7, 11) is 2.03. The zero-order valence-corrected chi connectivity index (χ0v) is 15.9. The number of nitrogens with two attached hydrogens (primary N) is 1. The van der Waals surface area contributed by atoms with Gasteiger partial charge in [-0.3, -0.25) is 9.51 Å². The molecule has 2 aliphatic carbocycles. The normalized spacial score (nSPS) is 18.6. The Balaban J connectivity index is 1.67. The Morgan fingerprint density at radius 1 is 1.30 bits per heavy atom. The van der Waals surface area contributed by atoms with Gasteiger partial charge in [-0.05, 0) is 44.4 Å². The standard InChI is InChI=1S/C18H27N7O2/c1-10(12-7-4-8-12)20-15-13(25(2)9-11-5-3-6-11)14(19)21-16(22-15)17-23-18(26)27-24-17/h10-12H,3-9H2,1-2H3,(H,23,24,26)(H3,19,20,21,22)/t10-/m1/s1. The summed E-state index contributed by atoms with van der Waals surface area (Å²) >= 11 is 0. The minimum Gasteiger partial charge on any atom is -0.382 e. The van der Waals surface area contributed by atoms with E-state index in [4.69, 9.17) is 5.73 Å². The number of nitrogen functional groups attached to an aromatic ring is 1. The fourth-order valence-corrected chi connectivity index (χ4v) is 3.81. The topological polar surface area (TPSA) is 126 Å². The molecule has 0 radical (unpaired) electrons. The van der Waals surface area contributed by atoms with E-state index in [1.54, 1.807) is 0 Å². The zero-order valence-electron chi connectivity index (χ0n) is 15.9. The first-order valence-electron chi connectivity index (χ1n) is 9.73. The predicted molar refractivity (Wildman–Crippen MR) is 104 cm³/mol. The summed E-state index contributed by atoms with van der Waals surface area (Å²) in [6.45, 7) is 3.11. The summed E-state index contributed by atoms with van der Waals surface area (Å²) in [6, 6.07) is 0.285. The van der Waals surface area contributed by atoms with Crippen molar-refractivity contribution in [1.29, 1.82) is 0 Å². The average molecular weight is 373 g/mol. The lowest BCUT2D eigenvalue weighted by Gasteiger charge is -2.35. The molecule has 0 unspecified atom stereocenters. The number of anilines is 3. The summed E-state index contributed by atoms with van der Waals surface area (Å²) < 4.78 is 4.58. The smallest absolute Gasteiger partial charge is 0.382 e. The van der Waals surface area contributed by atoms with Gasteiger partial charge in [0.25, 0.3) is 0 Å². The maximum atomic E-state index is 11.3. The molecule has 2 aromatic rings. The molecule has 1 atom stereocenters. The van der Waals surface area contributed by atoms with Gasteiger partial charge in [0.2, 0.25) is 11.6 Å². The molecule has 0 bridgehead atoms. The van der Waals surface area contributed by atoms with Crippen LogP contribution in [0.4, 0.5) is 17.3 Å². The average Bonchev–Trinajstić information content (AvgIpc) is 2.95. The molecule has 146 valence electrons. The van der Waals surface area contributed by atoms with E-state index in [0.717, 1.165) is 12.2 Å². The molecule has 0 saturated heterocycles. The molecule has 9 heteroatoms. The van der Waals surface area contributed by atoms with E-state index in [1.165, 1.54) is 38.5 Å². The van der Waals surface area contributed by atoms with Crippen molar-refractivity contribution in [3.8, 4) is 11.6 Å². The molecule has 2 fully saturated rings. The lowest BCUT2D eigenvalue weighted by molar-refractivity contribution is 0.285. The van der Waals surface area contributed by atoms with Crippen molar-refractivity contribution in [2.24, 2.45) is 11.8 Å². The second kappa shape index (κ2) is 7.21. The van der Waals surface area contributed by atoms with Crippen LogP contribution in [0.2, 0.25) is 0 Å². The minimum atomic E-state index is -0.643. The molecule has 0 aromatic carbocycles. The van der Waals surface area contributed by atoms with E-state index < -0.39 is 5.76 Å². The Labute approximate surface area is 157 Å². The largest absolute Gasteiger partial charge is 0.439 e. The number of hydrogen-bond acceptors (Lipinski definition) is 8. The molecule has 0 aliphatic heterocycles. The van der Waals surface area contributed by atoms with E-state index in [0.29, 0.717) is 23.5 Å². The van der Waals surface area contributed by atoms with Gasteiger partial charge in [0.05, 0.1) is 0 Å². The van der Waals surface area contributed by atoms with Crippen molar-refractivity contribution >= 4 is 17.3 Å². The van der Waals surface area contributed by atoms with Crippen molar-refractivity contribution in [2.75, 3.05) is 29.5 Å². The highest BCUT2D eigenvalue weighted by Gasteiger charge is 2.28. The van der Waals surface area contributed by atoms with Crippen molar-refractivity contribution in [2.45, 2.75) is 51.5 Å². The van der Waals surface area contributed by atoms with Crippen LogP contribution in [0.15, 0.2) is 9.32 Å². The van der Waals surface area contributed by atoms with Gasteiger partial charge >= 0.3 is 5.76 Å². The molecule has 27 heavy (non-hydrogen) atoms. The second-order valence-corrected chi connectivity index (χ2v) is 7.87. The number of hydrogen-bond donors (Lipinski definition) is 3. The number of nitrogens with one attached hydrogen (secondary N) is 2. The third-order valence-corrected chi connectivity index (χ3v) is 5.92. The van der Waals surface area contributed by atoms with E-state index in [2.05, 4.69) is 41.8 Å². The molecule has 0 spiro atoms. The first-order valence-corrected chi connectivity index (χ1v) is 9.73. The molecule has 4 N–H and O–H groups in total. The van der Waals surface area contributed by atoms with Gasteiger partial charge in [0.1, 0.15) is 5.69 Å². The quantitative estimate of drug-likeness (QED) is 0.674. The van der Waals surface area contributed by atoms with Gasteiger partial charge in [-0.15, -0.1) is 0 Å². The van der Waals surface area contributed by atoms with Crippen LogP contribution >= 0.6 is 0 Å². The summed E-state index contributed by atoms with van der Waals surface area (Å²) in [4.78, 5) is 24.9. The maximum absolute atomic E-state index is 11.3. The number of nitrogens with zero attached hydrogens (tertiary/aromatic N) is 4. The number of rotatable bonds is 7. The number of H-pyrrole nitrogens is 1. The number of aromatic nitrogens is 4. The van der Waals surface area contributed by atoms with Crippen molar-refractivity contribution in [3.63, 3.8) is 0 Å². The maximum Gasteiger partial charge on any atom is 0.439 e. The van der Waals surface area contributed by atoms with Crippen LogP contribution in [-0.4, -0.2) is 39.7 Å². The molecule has 2 heterocycles. The third-order valence-electron chi connectivity index (χ3n) is 5.92. The summed E-state index contributed by atoms with van der Waals surface area (Å²) in [5, 5.41) is 7.23. The molecule has 2 aromatic heterocycles. The summed E-state index contributed by atoms with van der Waals surface area (Å²) in [5.41, 5.74) is 7.13. The van der Waals surface area contributed by atoms with Crippen molar-refractivity contribution in [3.05, 3.63) is 10.6 Å². The van der Waals surface area contributed by atoms with E-state index in [9.17, 15) is 4.79 Å². The van der Waals surface area contributed by atoms with Crippen LogP contribution in [0, 0.1) is 11.8 Å². The molecule has 2 aliphatic rings. The summed E-state index contributed by atoms with van der Waals surface area (Å²) in [6.07, 6.45) is 7.54. The fraction of sp³-hybridized carbons (Fsp3) is 0.667. The van der Waals surface area contributed by atoms with Crippen molar-refractivity contribution in [1.82, 2.24) is 20.1 Å². The van der Waals surface area contributed by atoms with E-state index >= 15 is 0 Å². The molecule has 4 rings (SSSR count). The second-order valence-electron chi connectivity index (χ2n) is 7.87. The van der Waals surface area contributed by atoms with Crippen molar-refractivity contribution < 1.29 is 4.52 Å². The molecule has 2 saturated carbocycles. The molecule has 9 nitrogen and oxygen atoms in total. The van der Waals surface area contributed by atoms with E-state index in [1.807, 2.05) is 7.05 Å². The first-order chi connectivity index (χ1) is 13.0. The highest BCUT2D eigenvalue weighted by Crippen LogP contribution is 2.37. The van der Waals surface area contributed by atoms with E-state index in [-0.39, 0.29) is 17.7 Å². The lowest BCUT2D eigenvalue weighted by Crippen LogP contribution is -2.34. The molecular formula is C18H27N7O2. The van der Waals surface area contributed by atoms with Crippen LogP contribution in [0.1, 0.15) is 45.4 Å². The van der Waals surface area contributed by atoms with Crippen LogP contribution < -0.4 is 21.7 Å². The van der Waals surface area contributed by atoms with Crippen LogP contribution in [0.5, 0.6) is 0 Å². The van der Waals surface area contributed by atoms with Crippen LogP contribution in [-0.2, 0) is 0 Å². The van der Waals surface area contributed by atoms with Gasteiger partial charge < -0.3 is 16.0 Å². The third kappa shape index (κ3) is 3.63. The lowest BCUT2D eigenvalue weighted by atomic mass is 9.80. The van der Waals surface area contributed by atoms with Gasteiger partial charge in [-0.2, -0.15) is 0 Å². The Morgan fingerprint density at radius 3 is 2.59 bits per heavy atom. The predicted octanol–water partition coefficient (Wildman–Crippen LogP) is 2.24. The Kier molecular flexibility index (Phi) is 4.75. The first kappa shape index (κ1) is 17.8. The van der Waals surface area contributed by atoms with Gasteiger partial charge in [0.15, 0.2) is 11.6 Å². The SMILES string of the molecule is C[C@@H](Nc1nc(-c2noc(=O)[nH]2)nc(N)c1N(C)CC1CCC1)C1CCC1. The van der Waals surface area contributed by atoms with Gasteiger partial charge in [-0.25, -0.2) is 14.8 Å². The van der Waals surface area contributed by atoms with Crippen LogP contribution in [0.25, 0.3) is 11.6 Å². The summed E-state index contributed by atoms with van der Waals surface area (Å²) in [5.74, 6) is 2.17. The fourth-order valence-electron chi connectivity index (χ4n) is 3.81. The Bertz CT molecular complexity index is 854. The highest BCUT2D eigenvalue weighted by molar-refractivity contribution is 5.78. The minimum absolute atomic E-state index is 0.180. The van der Waals surface area contributed by atoms with Gasteiger partial charge in [0, 0.05) is 19.6 Å². The molecule has 0 amide bonds. The van der Waals surface area contributed by atoms with Crippen LogP contribution in [0.3, 0.4) is 0 Å². The Hall–Kier alpha value is -2.58. The zero-order chi connectivity index (χ0) is 19.0.